The smallest absolute Gasteiger partial charge is 0.252 e. The number of hydrogen-bond donors (Lipinski definition) is 1. The summed E-state index contributed by atoms with van der Waals surface area (Å²) in [6.07, 6.45) is 4.76. The van der Waals surface area contributed by atoms with Gasteiger partial charge >= 0.3 is 0 Å². The van der Waals surface area contributed by atoms with E-state index in [0.717, 1.165) is 24.9 Å². The number of benzene rings is 1. The monoisotopic (exact) mass is 406 g/mol. The molecule has 2 heterocycles. The van der Waals surface area contributed by atoms with Crippen molar-refractivity contribution < 1.29 is 13.2 Å². The first-order valence-electron chi connectivity index (χ1n) is 9.44. The summed E-state index contributed by atoms with van der Waals surface area (Å²) in [6, 6.07) is 11.3. The second-order valence-corrected chi connectivity index (χ2v) is 10.0. The Bertz CT molecular complexity index is 846. The van der Waals surface area contributed by atoms with Crippen molar-refractivity contribution in [2.75, 3.05) is 18.4 Å². The van der Waals surface area contributed by atoms with Crippen LogP contribution >= 0.6 is 11.3 Å². The van der Waals surface area contributed by atoms with Crippen LogP contribution in [0.1, 0.15) is 38.2 Å². The molecule has 1 aromatic heterocycles. The molecule has 146 valence electrons. The zero-order valence-electron chi connectivity index (χ0n) is 15.6. The zero-order valence-corrected chi connectivity index (χ0v) is 17.2. The Balaban J connectivity index is 1.61. The molecule has 1 saturated heterocycles. The van der Waals surface area contributed by atoms with E-state index in [4.69, 9.17) is 0 Å². The standard InChI is InChI=1S/C20H26N2O3S2/c1-2-3-6-16-9-11-18(12-10-16)21-20(23)17-7-4-13-22(15-17)27(24,25)19-8-5-14-26-19/h5,8-12,14,17H,2-4,6-7,13,15H2,1H3,(H,21,23). The fraction of sp³-hybridized carbons (Fsp3) is 0.450. The highest BCUT2D eigenvalue weighted by Gasteiger charge is 2.33. The number of hydrogen-bond acceptors (Lipinski definition) is 4. The minimum atomic E-state index is -3.50. The predicted octanol–water partition coefficient (Wildman–Crippen LogP) is 4.13. The van der Waals surface area contributed by atoms with Crippen LogP contribution in [0.15, 0.2) is 46.0 Å². The summed E-state index contributed by atoms with van der Waals surface area (Å²) >= 11 is 1.21. The molecule has 1 unspecified atom stereocenters. The molecule has 1 fully saturated rings. The Morgan fingerprint density at radius 1 is 1.26 bits per heavy atom. The lowest BCUT2D eigenvalue weighted by Gasteiger charge is -2.30. The van der Waals surface area contributed by atoms with Gasteiger partial charge in [-0.1, -0.05) is 31.5 Å². The molecule has 5 nitrogen and oxygen atoms in total. The van der Waals surface area contributed by atoms with Gasteiger partial charge in [0.25, 0.3) is 10.0 Å². The van der Waals surface area contributed by atoms with Gasteiger partial charge < -0.3 is 5.32 Å². The Morgan fingerprint density at radius 2 is 2.04 bits per heavy atom. The SMILES string of the molecule is CCCCc1ccc(NC(=O)C2CCCN(S(=O)(=O)c3cccs3)C2)cc1. The number of rotatable bonds is 7. The van der Waals surface area contributed by atoms with Crippen molar-refractivity contribution in [3.8, 4) is 0 Å². The minimum absolute atomic E-state index is 0.109. The van der Waals surface area contributed by atoms with E-state index in [1.807, 2.05) is 24.3 Å². The van der Waals surface area contributed by atoms with Crippen LogP contribution in [0.4, 0.5) is 5.69 Å². The third-order valence-corrected chi connectivity index (χ3v) is 8.12. The van der Waals surface area contributed by atoms with E-state index in [2.05, 4.69) is 12.2 Å². The first-order chi connectivity index (χ1) is 13.0. The number of amides is 1. The summed E-state index contributed by atoms with van der Waals surface area (Å²) in [6.45, 7) is 2.87. The van der Waals surface area contributed by atoms with E-state index in [1.54, 1.807) is 17.5 Å². The highest BCUT2D eigenvalue weighted by molar-refractivity contribution is 7.91. The maximum absolute atomic E-state index is 12.7. The molecule has 0 radical (unpaired) electrons. The van der Waals surface area contributed by atoms with Crippen LogP contribution in [0, 0.1) is 5.92 Å². The Morgan fingerprint density at radius 3 is 2.70 bits per heavy atom. The lowest BCUT2D eigenvalue weighted by atomic mass is 9.98. The van der Waals surface area contributed by atoms with Crippen LogP contribution in [0.2, 0.25) is 0 Å². The van der Waals surface area contributed by atoms with Crippen molar-refractivity contribution in [1.29, 1.82) is 0 Å². The van der Waals surface area contributed by atoms with Gasteiger partial charge in [0.2, 0.25) is 5.91 Å². The van der Waals surface area contributed by atoms with E-state index in [1.165, 1.54) is 21.2 Å². The molecule has 1 aliphatic heterocycles. The van der Waals surface area contributed by atoms with Gasteiger partial charge in [0, 0.05) is 18.8 Å². The third kappa shape index (κ3) is 4.97. The van der Waals surface area contributed by atoms with Gasteiger partial charge in [0.1, 0.15) is 4.21 Å². The molecule has 1 amide bonds. The second kappa shape index (κ2) is 8.99. The number of nitrogens with one attached hydrogen (secondary N) is 1. The van der Waals surface area contributed by atoms with Crippen molar-refractivity contribution in [3.05, 3.63) is 47.3 Å². The molecular weight excluding hydrogens is 380 g/mol. The molecule has 0 saturated carbocycles. The van der Waals surface area contributed by atoms with Crippen molar-refractivity contribution in [2.24, 2.45) is 5.92 Å². The first-order valence-corrected chi connectivity index (χ1v) is 11.8. The molecule has 0 spiro atoms. The topological polar surface area (TPSA) is 66.5 Å². The van der Waals surface area contributed by atoms with Crippen LogP contribution in [-0.2, 0) is 21.2 Å². The molecular formula is C20H26N2O3S2. The molecule has 27 heavy (non-hydrogen) atoms. The summed E-state index contributed by atoms with van der Waals surface area (Å²) in [7, 11) is -3.50. The van der Waals surface area contributed by atoms with E-state index in [-0.39, 0.29) is 18.4 Å². The summed E-state index contributed by atoms with van der Waals surface area (Å²) in [4.78, 5) is 12.7. The highest BCUT2D eigenvalue weighted by Crippen LogP contribution is 2.27. The lowest BCUT2D eigenvalue weighted by Crippen LogP contribution is -2.43. The van der Waals surface area contributed by atoms with Crippen molar-refractivity contribution >= 4 is 33.0 Å². The maximum Gasteiger partial charge on any atom is 0.252 e. The molecule has 0 bridgehead atoms. The Hall–Kier alpha value is -1.70. The largest absolute Gasteiger partial charge is 0.326 e. The Labute approximate surface area is 165 Å². The summed E-state index contributed by atoms with van der Waals surface area (Å²) < 4.78 is 27.2. The van der Waals surface area contributed by atoms with Gasteiger partial charge in [-0.05, 0) is 54.8 Å². The molecule has 7 heteroatoms. The average Bonchev–Trinajstić information content (AvgIpc) is 3.23. The summed E-state index contributed by atoms with van der Waals surface area (Å²) in [5.74, 6) is -0.435. The van der Waals surface area contributed by atoms with Gasteiger partial charge in [-0.2, -0.15) is 4.31 Å². The first kappa shape index (κ1) is 20.0. The number of thiophene rings is 1. The molecule has 2 aromatic rings. The lowest BCUT2D eigenvalue weighted by molar-refractivity contribution is -0.120. The summed E-state index contributed by atoms with van der Waals surface area (Å²) in [5, 5.41) is 4.70. The van der Waals surface area contributed by atoms with Crippen molar-refractivity contribution in [3.63, 3.8) is 0 Å². The molecule has 1 aromatic carbocycles. The van der Waals surface area contributed by atoms with Crippen LogP contribution in [-0.4, -0.2) is 31.7 Å². The van der Waals surface area contributed by atoms with Crippen molar-refractivity contribution in [2.45, 2.75) is 43.2 Å². The Kier molecular flexibility index (Phi) is 6.68. The van der Waals surface area contributed by atoms with E-state index in [9.17, 15) is 13.2 Å². The van der Waals surface area contributed by atoms with Gasteiger partial charge in [-0.3, -0.25) is 4.79 Å². The molecule has 0 aliphatic carbocycles. The predicted molar refractivity (Wildman–Crippen MR) is 109 cm³/mol. The number of unbranched alkanes of at least 4 members (excludes halogenated alkanes) is 1. The molecule has 1 atom stereocenters. The number of sulfonamides is 1. The summed E-state index contributed by atoms with van der Waals surface area (Å²) in [5.41, 5.74) is 2.03. The van der Waals surface area contributed by atoms with Gasteiger partial charge in [-0.15, -0.1) is 11.3 Å². The van der Waals surface area contributed by atoms with Crippen LogP contribution in [0.25, 0.3) is 0 Å². The third-order valence-electron chi connectivity index (χ3n) is 4.88. The van der Waals surface area contributed by atoms with E-state index >= 15 is 0 Å². The maximum atomic E-state index is 12.7. The molecule has 3 rings (SSSR count). The number of nitrogens with zero attached hydrogens (tertiary/aromatic N) is 1. The van der Waals surface area contributed by atoms with Crippen LogP contribution < -0.4 is 5.32 Å². The van der Waals surface area contributed by atoms with Gasteiger partial charge in [0.05, 0.1) is 5.92 Å². The average molecular weight is 407 g/mol. The quantitative estimate of drug-likeness (QED) is 0.752. The number of carbonyl (C=O) groups is 1. The van der Waals surface area contributed by atoms with Crippen molar-refractivity contribution in [1.82, 2.24) is 4.31 Å². The fourth-order valence-electron chi connectivity index (χ4n) is 3.29. The number of aryl methyl sites for hydroxylation is 1. The van der Waals surface area contributed by atoms with Gasteiger partial charge in [-0.25, -0.2) is 8.42 Å². The van der Waals surface area contributed by atoms with Crippen LogP contribution in [0.3, 0.4) is 0 Å². The normalized spacial score (nSPS) is 18.3. The zero-order chi connectivity index (χ0) is 19.3. The second-order valence-electron chi connectivity index (χ2n) is 6.92. The van der Waals surface area contributed by atoms with E-state index in [0.29, 0.717) is 23.6 Å². The van der Waals surface area contributed by atoms with E-state index < -0.39 is 10.0 Å². The molecule has 1 aliphatic rings. The minimum Gasteiger partial charge on any atom is -0.326 e. The fourth-order valence-corrected chi connectivity index (χ4v) is 5.96. The van der Waals surface area contributed by atoms with Gasteiger partial charge in [0.15, 0.2) is 0 Å². The van der Waals surface area contributed by atoms with Crippen LogP contribution in [0.5, 0.6) is 0 Å². The molecule has 1 N–H and O–H groups in total. The number of anilines is 1. The highest BCUT2D eigenvalue weighted by atomic mass is 32.2. The number of carbonyl (C=O) groups excluding carboxylic acids is 1. The number of piperidine rings is 1.